The monoisotopic (exact) mass is 101 g/mol. The summed E-state index contributed by atoms with van der Waals surface area (Å²) in [6, 6.07) is 0. The highest BCUT2D eigenvalue weighted by atomic mass is 15.2. The van der Waals surface area contributed by atoms with Crippen molar-refractivity contribution in [1.82, 2.24) is 0 Å². The van der Waals surface area contributed by atoms with Gasteiger partial charge >= 0.3 is 0 Å². The quantitative estimate of drug-likeness (QED) is 0.144. The molecule has 0 aliphatic heterocycles. The lowest BCUT2D eigenvalue weighted by molar-refractivity contribution is 1.21. The predicted octanol–water partition coefficient (Wildman–Crippen LogP) is -1.84. The predicted molar refractivity (Wildman–Crippen MR) is 28.5 cm³/mol. The zero-order valence-corrected chi connectivity index (χ0v) is 3.70. The van der Waals surface area contributed by atoms with E-state index in [1.165, 1.54) is 0 Å². The van der Waals surface area contributed by atoms with Crippen molar-refractivity contribution in [2.45, 2.75) is 0 Å². The molecule has 0 aromatic carbocycles. The second-order valence-electron chi connectivity index (χ2n) is 0.765. The smallest absolute Gasteiger partial charge is 0.238 e. The Bertz CT molecular complexity index is 92.3. The van der Waals surface area contributed by atoms with Crippen molar-refractivity contribution in [2.24, 2.45) is 27.4 Å². The first-order valence-electron chi connectivity index (χ1n) is 1.59. The van der Waals surface area contributed by atoms with Crippen molar-refractivity contribution >= 4 is 12.3 Å². The number of guanidine groups is 1. The molecule has 0 spiro atoms. The molecule has 0 radical (unpaired) electrons. The van der Waals surface area contributed by atoms with E-state index in [2.05, 4.69) is 15.9 Å². The van der Waals surface area contributed by atoms with Crippen LogP contribution in [-0.2, 0) is 0 Å². The van der Waals surface area contributed by atoms with Gasteiger partial charge in [-0.25, -0.2) is 4.99 Å². The largest absolute Gasteiger partial charge is 0.390 e. The van der Waals surface area contributed by atoms with Crippen LogP contribution < -0.4 is 17.3 Å². The van der Waals surface area contributed by atoms with Crippen LogP contribution in [0.4, 0.5) is 0 Å². The summed E-state index contributed by atoms with van der Waals surface area (Å²) in [5.74, 6) is 4.63. The van der Waals surface area contributed by atoms with Crippen molar-refractivity contribution < 1.29 is 0 Å². The molecule has 0 aromatic heterocycles. The van der Waals surface area contributed by atoms with E-state index in [0.717, 1.165) is 6.34 Å². The van der Waals surface area contributed by atoms with Gasteiger partial charge in [0.25, 0.3) is 0 Å². The van der Waals surface area contributed by atoms with Gasteiger partial charge in [-0.3, -0.25) is 0 Å². The summed E-state index contributed by atoms with van der Waals surface area (Å²) in [4.78, 5) is 3.30. The first kappa shape index (κ1) is 5.74. The molecule has 6 N–H and O–H groups in total. The van der Waals surface area contributed by atoms with E-state index in [4.69, 9.17) is 11.5 Å². The average Bonchev–Trinajstić information content (AvgIpc) is 1.68. The Balaban J connectivity index is 3.58. The third-order valence-electron chi connectivity index (χ3n) is 0.339. The van der Waals surface area contributed by atoms with Gasteiger partial charge in [0, 0.05) is 0 Å². The van der Waals surface area contributed by atoms with E-state index in [1.807, 2.05) is 0 Å². The Morgan fingerprint density at radius 3 is 2.29 bits per heavy atom. The molecule has 0 bridgehead atoms. The fraction of sp³-hybridized carbons (Fsp3) is 0. The van der Waals surface area contributed by atoms with Crippen LogP contribution in [0.2, 0.25) is 0 Å². The van der Waals surface area contributed by atoms with E-state index >= 15 is 0 Å². The van der Waals surface area contributed by atoms with Gasteiger partial charge in [-0.1, -0.05) is 0 Å². The van der Waals surface area contributed by atoms with E-state index < -0.39 is 0 Å². The van der Waals surface area contributed by atoms with Crippen molar-refractivity contribution in [3.05, 3.63) is 0 Å². The molecule has 0 aliphatic carbocycles. The van der Waals surface area contributed by atoms with Crippen molar-refractivity contribution in [1.29, 1.82) is 0 Å². The van der Waals surface area contributed by atoms with Gasteiger partial charge in [-0.2, -0.15) is 0 Å². The van der Waals surface area contributed by atoms with Crippen LogP contribution in [0.15, 0.2) is 10.1 Å². The lowest BCUT2D eigenvalue weighted by Crippen LogP contribution is -2.12. The normalized spacial score (nSPS) is 12.9. The minimum absolute atomic E-state index is 0.0255. The number of aliphatic imine (C=N–C) groups is 1. The van der Waals surface area contributed by atoms with Crippen LogP contribution in [0, 0.1) is 0 Å². The highest BCUT2D eigenvalue weighted by Gasteiger charge is 1.74. The number of nitrogens with two attached hydrogens (primary N) is 3. The standard InChI is InChI=1S/C2H7N5/c3-1-6-2(4)7-5/h1H,5H2,(H4,3,4,6,7). The van der Waals surface area contributed by atoms with Crippen LogP contribution in [0.1, 0.15) is 0 Å². The number of nitrogens with zero attached hydrogens (tertiary/aromatic N) is 2. The van der Waals surface area contributed by atoms with Gasteiger partial charge in [-0.15, -0.1) is 5.10 Å². The number of hydrazone groups is 1. The molecule has 7 heavy (non-hydrogen) atoms. The molecule has 0 rings (SSSR count). The zero-order chi connectivity index (χ0) is 5.70. The molecule has 0 unspecified atom stereocenters. The fourth-order valence-corrected chi connectivity index (χ4v) is 0.110. The third-order valence-corrected chi connectivity index (χ3v) is 0.339. The molecule has 40 valence electrons. The van der Waals surface area contributed by atoms with Crippen molar-refractivity contribution in [3.8, 4) is 0 Å². The van der Waals surface area contributed by atoms with Gasteiger partial charge < -0.3 is 17.3 Å². The van der Waals surface area contributed by atoms with Gasteiger partial charge in [0.05, 0.1) is 6.34 Å². The summed E-state index contributed by atoms with van der Waals surface area (Å²) in [6.07, 6.45) is 1.02. The fourth-order valence-electron chi connectivity index (χ4n) is 0.110. The second-order valence-corrected chi connectivity index (χ2v) is 0.765. The molecule has 0 atom stereocenters. The molecule has 0 amide bonds. The zero-order valence-electron chi connectivity index (χ0n) is 3.70. The molecular formula is C2H7N5. The summed E-state index contributed by atoms with van der Waals surface area (Å²) in [6.45, 7) is 0. The molecule has 0 fully saturated rings. The maximum absolute atomic E-state index is 4.93. The highest BCUT2D eigenvalue weighted by molar-refractivity contribution is 5.84. The Labute approximate surface area is 40.9 Å². The van der Waals surface area contributed by atoms with Crippen LogP contribution in [0.3, 0.4) is 0 Å². The lowest BCUT2D eigenvalue weighted by atomic mass is 11.0. The number of hydrogen-bond donors (Lipinski definition) is 3. The molecule has 5 heteroatoms. The minimum Gasteiger partial charge on any atom is -0.390 e. The van der Waals surface area contributed by atoms with Gasteiger partial charge in [0.1, 0.15) is 0 Å². The van der Waals surface area contributed by atoms with Crippen LogP contribution >= 0.6 is 0 Å². The topological polar surface area (TPSA) is 103 Å². The van der Waals surface area contributed by atoms with Gasteiger partial charge in [-0.05, 0) is 0 Å². The Morgan fingerprint density at radius 2 is 2.14 bits per heavy atom. The average molecular weight is 101 g/mol. The number of rotatable bonds is 0. The first-order chi connectivity index (χ1) is 3.31. The van der Waals surface area contributed by atoms with E-state index in [9.17, 15) is 0 Å². The van der Waals surface area contributed by atoms with E-state index in [0.29, 0.717) is 0 Å². The summed E-state index contributed by atoms with van der Waals surface area (Å²) in [5.41, 5.74) is 9.73. The van der Waals surface area contributed by atoms with E-state index in [1.54, 1.807) is 0 Å². The lowest BCUT2D eigenvalue weighted by Gasteiger charge is -1.81. The van der Waals surface area contributed by atoms with Gasteiger partial charge in [0.15, 0.2) is 0 Å². The van der Waals surface area contributed by atoms with E-state index in [-0.39, 0.29) is 5.96 Å². The summed E-state index contributed by atoms with van der Waals surface area (Å²) >= 11 is 0. The Kier molecular flexibility index (Phi) is 2.42. The van der Waals surface area contributed by atoms with Crippen LogP contribution in [0.5, 0.6) is 0 Å². The van der Waals surface area contributed by atoms with Gasteiger partial charge in [0.2, 0.25) is 5.96 Å². The van der Waals surface area contributed by atoms with Crippen molar-refractivity contribution in [2.75, 3.05) is 0 Å². The number of hydrogen-bond acceptors (Lipinski definition) is 2. The minimum atomic E-state index is -0.0255. The summed E-state index contributed by atoms with van der Waals surface area (Å²) < 4.78 is 0. The molecule has 0 saturated carbocycles. The third kappa shape index (κ3) is 2.54. The van der Waals surface area contributed by atoms with Crippen LogP contribution in [-0.4, -0.2) is 12.3 Å². The Morgan fingerprint density at radius 1 is 1.57 bits per heavy atom. The summed E-state index contributed by atoms with van der Waals surface area (Å²) in [7, 11) is 0. The molecular weight excluding hydrogens is 94.1 g/mol. The maximum atomic E-state index is 4.93. The summed E-state index contributed by atoms with van der Waals surface area (Å²) in [5, 5.41) is 2.99. The first-order valence-corrected chi connectivity index (χ1v) is 1.59. The highest BCUT2D eigenvalue weighted by Crippen LogP contribution is 1.57. The maximum Gasteiger partial charge on any atom is 0.238 e. The molecule has 0 heterocycles. The Hall–Kier alpha value is -1.26. The SMILES string of the molecule is NC=NC(N)=NN. The molecule has 0 aliphatic rings. The van der Waals surface area contributed by atoms with Crippen LogP contribution in [0.25, 0.3) is 0 Å². The molecule has 0 aromatic rings. The molecule has 0 saturated heterocycles. The molecule has 5 nitrogen and oxygen atoms in total. The second kappa shape index (κ2) is 2.95. The van der Waals surface area contributed by atoms with Crippen molar-refractivity contribution in [3.63, 3.8) is 0 Å².